The molecular weight excluding hydrogens is 278 g/mol. The van der Waals surface area contributed by atoms with Crippen LogP contribution in [0.4, 0.5) is 4.79 Å². The van der Waals surface area contributed by atoms with E-state index in [0.29, 0.717) is 19.7 Å². The van der Waals surface area contributed by atoms with Crippen molar-refractivity contribution >= 4 is 17.9 Å². The van der Waals surface area contributed by atoms with Crippen molar-refractivity contribution in [2.45, 2.75) is 32.3 Å². The van der Waals surface area contributed by atoms with Gasteiger partial charge in [0.05, 0.1) is 19.1 Å². The van der Waals surface area contributed by atoms with Crippen molar-refractivity contribution in [2.24, 2.45) is 5.73 Å². The first kappa shape index (κ1) is 17.2. The number of amides is 3. The Hall–Kier alpha value is -1.83. The number of morpholine rings is 1. The Bertz CT molecular complexity index is 388. The zero-order chi connectivity index (χ0) is 15.8. The van der Waals surface area contributed by atoms with Crippen LogP contribution in [0.15, 0.2) is 0 Å². The summed E-state index contributed by atoms with van der Waals surface area (Å²) in [4.78, 5) is 37.1. The summed E-state index contributed by atoms with van der Waals surface area (Å²) in [7, 11) is 0. The molecule has 1 unspecified atom stereocenters. The molecular formula is C13H23N3O5. The van der Waals surface area contributed by atoms with Gasteiger partial charge in [-0.25, -0.2) is 4.79 Å². The molecule has 3 N–H and O–H groups in total. The summed E-state index contributed by atoms with van der Waals surface area (Å²) in [5.41, 5.74) is 5.17. The molecule has 0 saturated carbocycles. The van der Waals surface area contributed by atoms with E-state index in [2.05, 4.69) is 0 Å². The number of nitrogens with two attached hydrogens (primary N) is 1. The molecule has 120 valence electrons. The van der Waals surface area contributed by atoms with Crippen LogP contribution in [0.5, 0.6) is 0 Å². The van der Waals surface area contributed by atoms with Crippen LogP contribution in [0.25, 0.3) is 0 Å². The molecule has 8 nitrogen and oxygen atoms in total. The third-order valence-corrected chi connectivity index (χ3v) is 3.21. The number of nitrogens with zero attached hydrogens (tertiary/aromatic N) is 2. The van der Waals surface area contributed by atoms with Crippen LogP contribution in [0.2, 0.25) is 0 Å². The van der Waals surface area contributed by atoms with Gasteiger partial charge in [-0.1, -0.05) is 13.3 Å². The number of aliphatic carboxylic acids is 1. The van der Waals surface area contributed by atoms with E-state index in [4.69, 9.17) is 15.6 Å². The van der Waals surface area contributed by atoms with Crippen LogP contribution in [-0.2, 0) is 14.3 Å². The standard InChI is InChI=1S/C13H23N3O5/c1-2-3-4-15(9-11(14)17)13(20)16-5-6-21-10(8-16)7-12(18)19/h10H,2-9H2,1H3,(H2,14,17)(H,18,19). The minimum atomic E-state index is -0.964. The third kappa shape index (κ3) is 5.99. The highest BCUT2D eigenvalue weighted by atomic mass is 16.5. The fourth-order valence-electron chi connectivity index (χ4n) is 2.19. The highest BCUT2D eigenvalue weighted by Crippen LogP contribution is 2.11. The minimum Gasteiger partial charge on any atom is -0.481 e. The van der Waals surface area contributed by atoms with E-state index in [1.807, 2.05) is 6.92 Å². The third-order valence-electron chi connectivity index (χ3n) is 3.21. The topological polar surface area (TPSA) is 113 Å². The quantitative estimate of drug-likeness (QED) is 0.680. The maximum Gasteiger partial charge on any atom is 0.320 e. The van der Waals surface area contributed by atoms with Crippen LogP contribution in [0.1, 0.15) is 26.2 Å². The Morgan fingerprint density at radius 3 is 2.71 bits per heavy atom. The first-order valence-electron chi connectivity index (χ1n) is 7.09. The van der Waals surface area contributed by atoms with Gasteiger partial charge < -0.3 is 25.4 Å². The van der Waals surface area contributed by atoms with Crippen molar-refractivity contribution in [3.63, 3.8) is 0 Å². The predicted molar refractivity (Wildman–Crippen MR) is 74.6 cm³/mol. The molecule has 1 aliphatic heterocycles. The molecule has 1 aliphatic rings. The number of carboxylic acid groups (broad SMARTS) is 1. The number of urea groups is 1. The average Bonchev–Trinajstić information content (AvgIpc) is 2.42. The van der Waals surface area contributed by atoms with Gasteiger partial charge in [0.25, 0.3) is 0 Å². The number of ether oxygens (including phenoxy) is 1. The molecule has 21 heavy (non-hydrogen) atoms. The zero-order valence-corrected chi connectivity index (χ0v) is 12.3. The van der Waals surface area contributed by atoms with Crippen LogP contribution < -0.4 is 5.73 Å². The largest absolute Gasteiger partial charge is 0.481 e. The van der Waals surface area contributed by atoms with Gasteiger partial charge in [-0.05, 0) is 6.42 Å². The van der Waals surface area contributed by atoms with Gasteiger partial charge in [-0.15, -0.1) is 0 Å². The van der Waals surface area contributed by atoms with Gasteiger partial charge >= 0.3 is 12.0 Å². The van der Waals surface area contributed by atoms with E-state index in [1.165, 1.54) is 9.80 Å². The lowest BCUT2D eigenvalue weighted by Crippen LogP contribution is -2.53. The van der Waals surface area contributed by atoms with Crippen molar-refractivity contribution in [1.29, 1.82) is 0 Å². The van der Waals surface area contributed by atoms with Crippen molar-refractivity contribution in [3.8, 4) is 0 Å². The fourth-order valence-corrected chi connectivity index (χ4v) is 2.19. The van der Waals surface area contributed by atoms with Gasteiger partial charge in [-0.3, -0.25) is 9.59 Å². The van der Waals surface area contributed by atoms with Crippen LogP contribution >= 0.6 is 0 Å². The van der Waals surface area contributed by atoms with E-state index in [0.717, 1.165) is 12.8 Å². The molecule has 0 bridgehead atoms. The second-order valence-electron chi connectivity index (χ2n) is 5.06. The molecule has 1 saturated heterocycles. The predicted octanol–water partition coefficient (Wildman–Crippen LogP) is -0.131. The molecule has 0 radical (unpaired) electrons. The Morgan fingerprint density at radius 2 is 2.14 bits per heavy atom. The van der Waals surface area contributed by atoms with Crippen molar-refractivity contribution in [3.05, 3.63) is 0 Å². The van der Waals surface area contributed by atoms with E-state index in [-0.39, 0.29) is 25.5 Å². The zero-order valence-electron chi connectivity index (χ0n) is 12.3. The van der Waals surface area contributed by atoms with Gasteiger partial charge in [0.1, 0.15) is 6.54 Å². The Labute approximate surface area is 123 Å². The molecule has 0 spiro atoms. The number of rotatable bonds is 7. The van der Waals surface area contributed by atoms with Gasteiger partial charge in [-0.2, -0.15) is 0 Å². The summed E-state index contributed by atoms with van der Waals surface area (Å²) in [6.07, 6.45) is 1.02. The lowest BCUT2D eigenvalue weighted by atomic mass is 10.2. The normalized spacial score (nSPS) is 18.3. The minimum absolute atomic E-state index is 0.125. The number of carbonyl (C=O) groups excluding carboxylic acids is 2. The van der Waals surface area contributed by atoms with E-state index < -0.39 is 18.0 Å². The smallest absolute Gasteiger partial charge is 0.320 e. The van der Waals surface area contributed by atoms with Crippen LogP contribution in [-0.4, -0.2) is 71.7 Å². The lowest BCUT2D eigenvalue weighted by Gasteiger charge is -2.35. The monoisotopic (exact) mass is 301 g/mol. The van der Waals surface area contributed by atoms with Gasteiger partial charge in [0.15, 0.2) is 0 Å². The lowest BCUT2D eigenvalue weighted by molar-refractivity contribution is -0.141. The maximum absolute atomic E-state index is 12.4. The molecule has 0 aromatic carbocycles. The number of hydrogen-bond acceptors (Lipinski definition) is 4. The summed E-state index contributed by atoms with van der Waals surface area (Å²) in [5.74, 6) is -1.52. The fraction of sp³-hybridized carbons (Fsp3) is 0.769. The van der Waals surface area contributed by atoms with E-state index in [1.54, 1.807) is 0 Å². The molecule has 3 amide bonds. The van der Waals surface area contributed by atoms with Crippen LogP contribution in [0, 0.1) is 0 Å². The van der Waals surface area contributed by atoms with E-state index in [9.17, 15) is 14.4 Å². The number of unbranched alkanes of at least 4 members (excludes halogenated alkanes) is 1. The molecule has 8 heteroatoms. The summed E-state index contributed by atoms with van der Waals surface area (Å²) in [6.45, 7) is 3.22. The second kappa shape index (κ2) is 8.46. The van der Waals surface area contributed by atoms with Crippen molar-refractivity contribution in [2.75, 3.05) is 32.8 Å². The second-order valence-corrected chi connectivity index (χ2v) is 5.06. The summed E-state index contributed by atoms with van der Waals surface area (Å²) < 4.78 is 5.33. The summed E-state index contributed by atoms with van der Waals surface area (Å²) in [5, 5.41) is 8.78. The molecule has 0 aromatic rings. The number of primary amides is 1. The molecule has 0 aliphatic carbocycles. The van der Waals surface area contributed by atoms with Gasteiger partial charge in [0, 0.05) is 19.6 Å². The maximum atomic E-state index is 12.4. The van der Waals surface area contributed by atoms with Crippen molar-refractivity contribution < 1.29 is 24.2 Å². The molecule has 1 heterocycles. The first-order chi connectivity index (χ1) is 9.93. The number of carboxylic acids is 1. The molecule has 1 fully saturated rings. The molecule has 1 rings (SSSR count). The Morgan fingerprint density at radius 1 is 1.43 bits per heavy atom. The Kier molecular flexibility index (Phi) is 6.93. The molecule has 1 atom stereocenters. The van der Waals surface area contributed by atoms with E-state index >= 15 is 0 Å². The highest BCUT2D eigenvalue weighted by Gasteiger charge is 2.29. The van der Waals surface area contributed by atoms with Crippen LogP contribution in [0.3, 0.4) is 0 Å². The Balaban J connectivity index is 2.63. The SMILES string of the molecule is CCCCN(CC(N)=O)C(=O)N1CCOC(CC(=O)O)C1. The average molecular weight is 301 g/mol. The highest BCUT2D eigenvalue weighted by molar-refractivity contribution is 5.83. The number of hydrogen-bond donors (Lipinski definition) is 2. The summed E-state index contributed by atoms with van der Waals surface area (Å²) in [6, 6.07) is -0.291. The van der Waals surface area contributed by atoms with Crippen molar-refractivity contribution in [1.82, 2.24) is 9.80 Å². The molecule has 0 aromatic heterocycles. The number of carbonyl (C=O) groups is 3. The van der Waals surface area contributed by atoms with Gasteiger partial charge in [0.2, 0.25) is 5.91 Å². The summed E-state index contributed by atoms with van der Waals surface area (Å²) >= 11 is 0. The first-order valence-corrected chi connectivity index (χ1v) is 7.09.